The number of aromatic nitrogens is 1. The molecule has 0 amide bonds. The lowest BCUT2D eigenvalue weighted by Gasteiger charge is -2.12. The largest absolute Gasteiger partial charge is 0.417 e. The summed E-state index contributed by atoms with van der Waals surface area (Å²) in [6.07, 6.45) is -4.90. The molecule has 3 nitrogen and oxygen atoms in total. The Morgan fingerprint density at radius 1 is 1.44 bits per heavy atom. The van der Waals surface area contributed by atoms with Crippen molar-refractivity contribution in [2.45, 2.75) is 18.8 Å². The van der Waals surface area contributed by atoms with Crippen molar-refractivity contribution >= 4 is 11.6 Å². The average Bonchev–Trinajstić information content (AvgIpc) is 2.19. The smallest absolute Gasteiger partial charge is 0.390 e. The molecule has 0 radical (unpaired) electrons. The molecule has 0 spiro atoms. The van der Waals surface area contributed by atoms with Crippen molar-refractivity contribution in [3.05, 3.63) is 34.2 Å². The van der Waals surface area contributed by atoms with Crippen LogP contribution >= 0.6 is 11.6 Å². The molecule has 0 fully saturated rings. The van der Waals surface area contributed by atoms with Crippen LogP contribution in [0.1, 0.15) is 5.56 Å². The molecule has 1 rings (SSSR count). The second-order valence-corrected chi connectivity index (χ2v) is 3.52. The van der Waals surface area contributed by atoms with Crippen LogP contribution in [-0.4, -0.2) is 21.7 Å². The van der Waals surface area contributed by atoms with E-state index in [0.717, 1.165) is 10.6 Å². The van der Waals surface area contributed by atoms with Crippen LogP contribution in [0, 0.1) is 0 Å². The number of hydrogen-bond donors (Lipinski definition) is 1. The van der Waals surface area contributed by atoms with Gasteiger partial charge in [0.2, 0.25) is 0 Å². The van der Waals surface area contributed by atoms with Crippen LogP contribution in [-0.2, 0) is 12.7 Å². The van der Waals surface area contributed by atoms with Crippen molar-refractivity contribution in [1.29, 1.82) is 0 Å². The molecule has 0 aromatic carbocycles. The highest BCUT2D eigenvalue weighted by Crippen LogP contribution is 2.27. The number of alkyl halides is 4. The first kappa shape index (κ1) is 13.1. The Morgan fingerprint density at radius 2 is 2.06 bits per heavy atom. The number of aliphatic hydroxyl groups is 1. The van der Waals surface area contributed by atoms with Gasteiger partial charge in [0.25, 0.3) is 5.56 Å². The van der Waals surface area contributed by atoms with Gasteiger partial charge in [-0.3, -0.25) is 4.79 Å². The van der Waals surface area contributed by atoms with E-state index in [4.69, 9.17) is 16.7 Å². The van der Waals surface area contributed by atoms with Crippen molar-refractivity contribution in [2.75, 3.05) is 5.88 Å². The van der Waals surface area contributed by atoms with Crippen LogP contribution in [0.2, 0.25) is 0 Å². The van der Waals surface area contributed by atoms with Crippen molar-refractivity contribution in [2.24, 2.45) is 0 Å². The molecule has 1 atom stereocenters. The van der Waals surface area contributed by atoms with Gasteiger partial charge in [-0.15, -0.1) is 11.6 Å². The topological polar surface area (TPSA) is 42.2 Å². The summed E-state index contributed by atoms with van der Waals surface area (Å²) in [4.78, 5) is 11.2. The van der Waals surface area contributed by atoms with Gasteiger partial charge in [-0.2, -0.15) is 13.2 Å². The second kappa shape index (κ2) is 4.88. The Balaban J connectivity index is 3.05. The van der Waals surface area contributed by atoms with E-state index in [0.29, 0.717) is 12.3 Å². The Morgan fingerprint density at radius 3 is 2.56 bits per heavy atom. The number of rotatable bonds is 3. The summed E-state index contributed by atoms with van der Waals surface area (Å²) in [5.74, 6) is -0.150. The summed E-state index contributed by atoms with van der Waals surface area (Å²) >= 11 is 5.30. The van der Waals surface area contributed by atoms with E-state index < -0.39 is 23.4 Å². The minimum absolute atomic E-state index is 0.150. The molecule has 0 aliphatic rings. The number of nitrogens with zero attached hydrogens (tertiary/aromatic N) is 1. The normalized spacial score (nSPS) is 13.8. The zero-order chi connectivity index (χ0) is 12.3. The molecule has 7 heteroatoms. The van der Waals surface area contributed by atoms with Crippen molar-refractivity contribution in [3.8, 4) is 0 Å². The second-order valence-electron chi connectivity index (χ2n) is 3.21. The predicted octanol–water partition coefficient (Wildman–Crippen LogP) is 1.47. The maximum absolute atomic E-state index is 12.3. The van der Waals surface area contributed by atoms with Gasteiger partial charge in [-0.05, 0) is 6.07 Å². The van der Waals surface area contributed by atoms with E-state index in [1.807, 2.05) is 0 Å². The van der Waals surface area contributed by atoms with E-state index in [9.17, 15) is 18.0 Å². The Bertz CT molecular complexity index is 416. The third-order valence-electron chi connectivity index (χ3n) is 1.90. The molecule has 16 heavy (non-hydrogen) atoms. The van der Waals surface area contributed by atoms with Crippen molar-refractivity contribution in [3.63, 3.8) is 0 Å². The maximum atomic E-state index is 12.3. The maximum Gasteiger partial charge on any atom is 0.417 e. The lowest BCUT2D eigenvalue weighted by molar-refractivity contribution is -0.138. The molecule has 0 bridgehead atoms. The summed E-state index contributed by atoms with van der Waals surface area (Å²) in [7, 11) is 0. The van der Waals surface area contributed by atoms with E-state index in [-0.39, 0.29) is 12.4 Å². The minimum Gasteiger partial charge on any atom is -0.390 e. The Labute approximate surface area is 94.1 Å². The van der Waals surface area contributed by atoms with Gasteiger partial charge in [0, 0.05) is 12.3 Å². The number of halogens is 4. The fourth-order valence-corrected chi connectivity index (χ4v) is 1.22. The minimum atomic E-state index is -4.51. The van der Waals surface area contributed by atoms with Gasteiger partial charge in [0.15, 0.2) is 0 Å². The molecular weight excluding hydrogens is 247 g/mol. The summed E-state index contributed by atoms with van der Waals surface area (Å²) in [5, 5.41) is 9.16. The fourth-order valence-electron chi connectivity index (χ4n) is 1.12. The number of hydrogen-bond acceptors (Lipinski definition) is 2. The molecular formula is C9H9ClF3NO2. The number of pyridine rings is 1. The quantitative estimate of drug-likeness (QED) is 0.831. The van der Waals surface area contributed by atoms with Crippen LogP contribution in [0.4, 0.5) is 13.2 Å². The van der Waals surface area contributed by atoms with Gasteiger partial charge >= 0.3 is 6.18 Å². The van der Waals surface area contributed by atoms with E-state index in [1.165, 1.54) is 0 Å². The monoisotopic (exact) mass is 255 g/mol. The van der Waals surface area contributed by atoms with E-state index >= 15 is 0 Å². The van der Waals surface area contributed by atoms with Crippen molar-refractivity contribution in [1.82, 2.24) is 4.57 Å². The molecule has 1 N–H and O–H groups in total. The molecule has 0 saturated heterocycles. The molecule has 1 aromatic heterocycles. The average molecular weight is 256 g/mol. The van der Waals surface area contributed by atoms with Crippen LogP contribution < -0.4 is 5.56 Å². The molecule has 1 heterocycles. The molecule has 1 aromatic rings. The Kier molecular flexibility index (Phi) is 3.98. The van der Waals surface area contributed by atoms with Gasteiger partial charge in [0.1, 0.15) is 0 Å². The predicted molar refractivity (Wildman–Crippen MR) is 52.4 cm³/mol. The van der Waals surface area contributed by atoms with E-state index in [1.54, 1.807) is 0 Å². The third kappa shape index (κ3) is 3.24. The lowest BCUT2D eigenvalue weighted by atomic mass is 10.2. The van der Waals surface area contributed by atoms with Gasteiger partial charge in [-0.25, -0.2) is 0 Å². The van der Waals surface area contributed by atoms with Crippen LogP contribution in [0.3, 0.4) is 0 Å². The molecule has 0 aliphatic heterocycles. The first-order valence-corrected chi connectivity index (χ1v) is 4.89. The lowest BCUT2D eigenvalue weighted by Crippen LogP contribution is -2.27. The highest BCUT2D eigenvalue weighted by atomic mass is 35.5. The van der Waals surface area contributed by atoms with Gasteiger partial charge in [0.05, 0.1) is 24.1 Å². The first-order chi connectivity index (χ1) is 7.34. The summed E-state index contributed by atoms with van der Waals surface area (Å²) < 4.78 is 37.7. The zero-order valence-corrected chi connectivity index (χ0v) is 8.79. The van der Waals surface area contributed by atoms with Crippen LogP contribution in [0.15, 0.2) is 23.1 Å². The zero-order valence-electron chi connectivity index (χ0n) is 8.04. The Hall–Kier alpha value is -1.01. The van der Waals surface area contributed by atoms with Gasteiger partial charge < -0.3 is 9.67 Å². The molecule has 1 unspecified atom stereocenters. The summed E-state index contributed by atoms with van der Waals surface area (Å²) in [6.45, 7) is -0.258. The first-order valence-electron chi connectivity index (χ1n) is 4.36. The fraction of sp³-hybridized carbons (Fsp3) is 0.444. The molecule has 0 saturated carbocycles. The van der Waals surface area contributed by atoms with E-state index in [2.05, 4.69) is 0 Å². The summed E-state index contributed by atoms with van der Waals surface area (Å²) in [6, 6.07) is 1.51. The molecule has 90 valence electrons. The summed E-state index contributed by atoms with van der Waals surface area (Å²) in [5.41, 5.74) is -1.55. The molecule has 0 aliphatic carbocycles. The standard InChI is InChI=1S/C9H9ClF3NO2/c10-3-7(15)5-14-4-6(9(11,12)13)1-2-8(14)16/h1-2,4,7,15H,3,5H2. The third-order valence-corrected chi connectivity index (χ3v) is 2.25. The highest BCUT2D eigenvalue weighted by Gasteiger charge is 2.31. The SMILES string of the molecule is O=c1ccc(C(F)(F)F)cn1CC(O)CCl. The highest BCUT2D eigenvalue weighted by molar-refractivity contribution is 6.18. The van der Waals surface area contributed by atoms with Crippen molar-refractivity contribution < 1.29 is 18.3 Å². The van der Waals surface area contributed by atoms with Crippen LogP contribution in [0.25, 0.3) is 0 Å². The number of aliphatic hydroxyl groups excluding tert-OH is 1. The van der Waals surface area contributed by atoms with Crippen LogP contribution in [0.5, 0.6) is 0 Å². The van der Waals surface area contributed by atoms with Gasteiger partial charge in [-0.1, -0.05) is 0 Å².